The standard InChI is InChI=1S/C18H23N5O/c24-18(21-16-8-10-22-9-2-1-3-17(16)22)15-6-4-14(5-7-15)11-23-13-19-12-20-23/h4-7,12-13,16-17H,1-3,8-11H2,(H,21,24). The molecule has 6 heteroatoms. The van der Waals surface area contributed by atoms with Crippen LogP contribution in [0.5, 0.6) is 0 Å². The molecule has 2 aliphatic rings. The highest BCUT2D eigenvalue weighted by molar-refractivity contribution is 5.94. The summed E-state index contributed by atoms with van der Waals surface area (Å²) >= 11 is 0. The highest BCUT2D eigenvalue weighted by Crippen LogP contribution is 2.27. The molecule has 6 nitrogen and oxygen atoms in total. The number of nitrogens with one attached hydrogen (secondary N) is 1. The molecule has 0 aliphatic carbocycles. The van der Waals surface area contributed by atoms with Gasteiger partial charge in [-0.05, 0) is 43.5 Å². The van der Waals surface area contributed by atoms with Crippen LogP contribution in [0, 0.1) is 0 Å². The minimum atomic E-state index is 0.0414. The summed E-state index contributed by atoms with van der Waals surface area (Å²) in [6, 6.07) is 8.60. The first kappa shape index (κ1) is 15.3. The molecule has 0 spiro atoms. The molecule has 2 saturated heterocycles. The Kier molecular flexibility index (Phi) is 4.30. The molecule has 1 aromatic carbocycles. The molecule has 2 aliphatic heterocycles. The van der Waals surface area contributed by atoms with Gasteiger partial charge in [-0.15, -0.1) is 0 Å². The number of aromatic nitrogens is 3. The third-order valence-corrected chi connectivity index (χ3v) is 5.20. The first-order chi connectivity index (χ1) is 11.8. The van der Waals surface area contributed by atoms with E-state index < -0.39 is 0 Å². The van der Waals surface area contributed by atoms with Crippen LogP contribution in [0.2, 0.25) is 0 Å². The number of benzene rings is 1. The van der Waals surface area contributed by atoms with Crippen molar-refractivity contribution in [2.24, 2.45) is 0 Å². The summed E-state index contributed by atoms with van der Waals surface area (Å²) in [7, 11) is 0. The van der Waals surface area contributed by atoms with E-state index >= 15 is 0 Å². The molecule has 3 heterocycles. The average molecular weight is 325 g/mol. The van der Waals surface area contributed by atoms with Gasteiger partial charge in [-0.25, -0.2) is 9.67 Å². The fourth-order valence-corrected chi connectivity index (χ4v) is 3.93. The molecule has 2 unspecified atom stereocenters. The Hall–Kier alpha value is -2.21. The first-order valence-electron chi connectivity index (χ1n) is 8.76. The molecule has 4 rings (SSSR count). The summed E-state index contributed by atoms with van der Waals surface area (Å²) < 4.78 is 1.77. The molecular weight excluding hydrogens is 302 g/mol. The third-order valence-electron chi connectivity index (χ3n) is 5.20. The monoisotopic (exact) mass is 325 g/mol. The third kappa shape index (κ3) is 3.19. The van der Waals surface area contributed by atoms with E-state index in [4.69, 9.17) is 0 Å². The number of hydrogen-bond acceptors (Lipinski definition) is 4. The van der Waals surface area contributed by atoms with Crippen LogP contribution in [0.25, 0.3) is 0 Å². The van der Waals surface area contributed by atoms with E-state index in [0.29, 0.717) is 18.6 Å². The van der Waals surface area contributed by atoms with Crippen molar-refractivity contribution in [3.05, 3.63) is 48.0 Å². The van der Waals surface area contributed by atoms with Gasteiger partial charge in [0.25, 0.3) is 5.91 Å². The van der Waals surface area contributed by atoms with E-state index in [1.54, 1.807) is 11.0 Å². The van der Waals surface area contributed by atoms with Crippen molar-refractivity contribution in [1.82, 2.24) is 25.0 Å². The molecule has 0 bridgehead atoms. The van der Waals surface area contributed by atoms with Crippen molar-refractivity contribution >= 4 is 5.91 Å². The van der Waals surface area contributed by atoms with Crippen molar-refractivity contribution in [2.75, 3.05) is 13.1 Å². The maximum absolute atomic E-state index is 12.5. The van der Waals surface area contributed by atoms with Gasteiger partial charge < -0.3 is 5.32 Å². The number of carbonyl (C=O) groups is 1. The lowest BCUT2D eigenvalue weighted by Gasteiger charge is -2.32. The maximum atomic E-state index is 12.5. The predicted molar refractivity (Wildman–Crippen MR) is 90.6 cm³/mol. The Labute approximate surface area is 141 Å². The Bertz CT molecular complexity index is 682. The number of piperidine rings is 1. The lowest BCUT2D eigenvalue weighted by Crippen LogP contribution is -2.46. The number of nitrogens with zero attached hydrogens (tertiary/aromatic N) is 4. The summed E-state index contributed by atoms with van der Waals surface area (Å²) in [5.41, 5.74) is 1.84. The van der Waals surface area contributed by atoms with Gasteiger partial charge in [-0.3, -0.25) is 9.69 Å². The van der Waals surface area contributed by atoms with Gasteiger partial charge >= 0.3 is 0 Å². The van der Waals surface area contributed by atoms with Crippen LogP contribution in [0.15, 0.2) is 36.9 Å². The van der Waals surface area contributed by atoms with Crippen molar-refractivity contribution in [2.45, 2.75) is 44.3 Å². The van der Waals surface area contributed by atoms with Crippen molar-refractivity contribution in [1.29, 1.82) is 0 Å². The average Bonchev–Trinajstić information content (AvgIpc) is 3.26. The molecule has 1 N–H and O–H groups in total. The summed E-state index contributed by atoms with van der Waals surface area (Å²) in [4.78, 5) is 19.0. The zero-order valence-corrected chi connectivity index (χ0v) is 13.8. The SMILES string of the molecule is O=C(NC1CCN2CCCCC12)c1ccc(Cn2cncn2)cc1. The topological polar surface area (TPSA) is 63.1 Å². The summed E-state index contributed by atoms with van der Waals surface area (Å²) in [6.45, 7) is 2.97. The molecule has 1 amide bonds. The second kappa shape index (κ2) is 6.73. The van der Waals surface area contributed by atoms with Crippen LogP contribution in [0.1, 0.15) is 41.6 Å². The van der Waals surface area contributed by atoms with Crippen molar-refractivity contribution in [3.8, 4) is 0 Å². The van der Waals surface area contributed by atoms with Crippen molar-refractivity contribution in [3.63, 3.8) is 0 Å². The van der Waals surface area contributed by atoms with Gasteiger partial charge in [-0.2, -0.15) is 5.10 Å². The van der Waals surface area contributed by atoms with Crippen LogP contribution < -0.4 is 5.32 Å². The van der Waals surface area contributed by atoms with Crippen LogP contribution in [0.4, 0.5) is 0 Å². The molecule has 2 fully saturated rings. The second-order valence-electron chi connectivity index (χ2n) is 6.76. The lowest BCUT2D eigenvalue weighted by atomic mass is 9.98. The number of amides is 1. The largest absolute Gasteiger partial charge is 0.348 e. The predicted octanol–water partition coefficient (Wildman–Crippen LogP) is 1.68. The molecule has 2 aromatic rings. The normalized spacial score (nSPS) is 23.8. The van der Waals surface area contributed by atoms with Crippen molar-refractivity contribution < 1.29 is 4.79 Å². The van der Waals surface area contributed by atoms with Gasteiger partial charge in [0.15, 0.2) is 0 Å². The van der Waals surface area contributed by atoms with Gasteiger partial charge in [-0.1, -0.05) is 18.6 Å². The summed E-state index contributed by atoms with van der Waals surface area (Å²) in [5.74, 6) is 0.0414. The fourth-order valence-electron chi connectivity index (χ4n) is 3.93. The van der Waals surface area contributed by atoms with Gasteiger partial charge in [0, 0.05) is 24.2 Å². The molecule has 126 valence electrons. The fraction of sp³-hybridized carbons (Fsp3) is 0.500. The number of carbonyl (C=O) groups excluding carboxylic acids is 1. The van der Waals surface area contributed by atoms with Crippen LogP contribution >= 0.6 is 0 Å². The molecule has 2 atom stereocenters. The minimum Gasteiger partial charge on any atom is -0.348 e. The summed E-state index contributed by atoms with van der Waals surface area (Å²) in [5, 5.41) is 7.35. The molecule has 24 heavy (non-hydrogen) atoms. The molecule has 0 saturated carbocycles. The quantitative estimate of drug-likeness (QED) is 0.929. The van der Waals surface area contributed by atoms with Gasteiger partial charge in [0.1, 0.15) is 12.7 Å². The molecule has 1 aromatic heterocycles. The van der Waals surface area contributed by atoms with E-state index in [0.717, 1.165) is 24.1 Å². The molecule has 0 radical (unpaired) electrons. The smallest absolute Gasteiger partial charge is 0.251 e. The lowest BCUT2D eigenvalue weighted by molar-refractivity contribution is 0.0915. The van der Waals surface area contributed by atoms with E-state index in [-0.39, 0.29) is 5.91 Å². The van der Waals surface area contributed by atoms with E-state index in [1.165, 1.54) is 32.1 Å². The number of fused-ring (bicyclic) bond motifs is 1. The second-order valence-corrected chi connectivity index (χ2v) is 6.76. The van der Waals surface area contributed by atoms with E-state index in [2.05, 4.69) is 20.3 Å². The van der Waals surface area contributed by atoms with Crippen LogP contribution in [-0.4, -0.2) is 50.7 Å². The van der Waals surface area contributed by atoms with Crippen LogP contribution in [-0.2, 0) is 6.54 Å². The Morgan fingerprint density at radius 2 is 2.04 bits per heavy atom. The van der Waals surface area contributed by atoms with Gasteiger partial charge in [0.2, 0.25) is 0 Å². The number of rotatable bonds is 4. The minimum absolute atomic E-state index is 0.0414. The Balaban J connectivity index is 1.37. The van der Waals surface area contributed by atoms with Crippen LogP contribution in [0.3, 0.4) is 0 Å². The molecular formula is C18H23N5O. The highest BCUT2D eigenvalue weighted by atomic mass is 16.1. The first-order valence-corrected chi connectivity index (χ1v) is 8.76. The Morgan fingerprint density at radius 3 is 2.83 bits per heavy atom. The van der Waals surface area contributed by atoms with E-state index in [1.807, 2.05) is 24.3 Å². The van der Waals surface area contributed by atoms with E-state index in [9.17, 15) is 4.79 Å². The van der Waals surface area contributed by atoms with Gasteiger partial charge in [0.05, 0.1) is 6.54 Å². The maximum Gasteiger partial charge on any atom is 0.251 e. The zero-order chi connectivity index (χ0) is 16.4. The highest BCUT2D eigenvalue weighted by Gasteiger charge is 2.36. The Morgan fingerprint density at radius 1 is 1.17 bits per heavy atom. The number of hydrogen-bond donors (Lipinski definition) is 1. The zero-order valence-electron chi connectivity index (χ0n) is 13.8. The summed E-state index contributed by atoms with van der Waals surface area (Å²) in [6.07, 6.45) is 8.08.